The summed E-state index contributed by atoms with van der Waals surface area (Å²) in [6.07, 6.45) is 0.468. The summed E-state index contributed by atoms with van der Waals surface area (Å²) in [7, 11) is 0. The molecule has 0 unspecified atom stereocenters. The Balaban J connectivity index is 2.43. The standard InChI is InChI=1S/C9H12Cl2N2O/c1-6(3-12)4-13-7(14)8(2)5-9(8,10)11/h6H,4-5H2,1-2H3,(H,13,14)/t6-,8+/m1/s1. The van der Waals surface area contributed by atoms with E-state index in [0.29, 0.717) is 13.0 Å². The predicted octanol–water partition coefficient (Wildman–Crippen LogP) is 1.85. The average Bonchev–Trinajstić information content (AvgIpc) is 2.62. The number of hydrogen-bond donors (Lipinski definition) is 1. The van der Waals surface area contributed by atoms with Gasteiger partial charge < -0.3 is 5.32 Å². The summed E-state index contributed by atoms with van der Waals surface area (Å²) in [6.45, 7) is 3.80. The summed E-state index contributed by atoms with van der Waals surface area (Å²) in [5.41, 5.74) is -0.689. The molecule has 5 heteroatoms. The Morgan fingerprint density at radius 2 is 2.21 bits per heavy atom. The molecular formula is C9H12Cl2N2O. The summed E-state index contributed by atoms with van der Waals surface area (Å²) in [4.78, 5) is 11.6. The Labute approximate surface area is 93.4 Å². The Hall–Kier alpha value is -0.460. The topological polar surface area (TPSA) is 52.9 Å². The molecule has 0 heterocycles. The maximum atomic E-state index is 11.6. The minimum absolute atomic E-state index is 0.176. The third kappa shape index (κ3) is 1.97. The molecule has 1 aliphatic rings. The van der Waals surface area contributed by atoms with Crippen molar-refractivity contribution in [2.45, 2.75) is 24.6 Å². The number of nitrogens with one attached hydrogen (secondary N) is 1. The first-order valence-corrected chi connectivity index (χ1v) is 5.15. The van der Waals surface area contributed by atoms with Gasteiger partial charge >= 0.3 is 0 Å². The lowest BCUT2D eigenvalue weighted by Crippen LogP contribution is -2.35. The van der Waals surface area contributed by atoms with Crippen LogP contribution in [0.3, 0.4) is 0 Å². The fourth-order valence-corrected chi connectivity index (χ4v) is 1.84. The van der Waals surface area contributed by atoms with Crippen LogP contribution in [0.25, 0.3) is 0 Å². The van der Waals surface area contributed by atoms with Crippen molar-refractivity contribution < 1.29 is 4.79 Å². The van der Waals surface area contributed by atoms with Crippen molar-refractivity contribution in [2.24, 2.45) is 11.3 Å². The van der Waals surface area contributed by atoms with Crippen molar-refractivity contribution in [3.63, 3.8) is 0 Å². The summed E-state index contributed by atoms with van der Waals surface area (Å²) in [5, 5.41) is 11.2. The average molecular weight is 235 g/mol. The lowest BCUT2D eigenvalue weighted by Gasteiger charge is -2.12. The summed E-state index contributed by atoms with van der Waals surface area (Å²) < 4.78 is -0.938. The van der Waals surface area contributed by atoms with Crippen LogP contribution in [-0.4, -0.2) is 16.8 Å². The number of carbonyl (C=O) groups is 1. The van der Waals surface area contributed by atoms with Crippen molar-refractivity contribution in [1.82, 2.24) is 5.32 Å². The number of alkyl halides is 2. The van der Waals surface area contributed by atoms with Crippen molar-refractivity contribution in [1.29, 1.82) is 5.26 Å². The van der Waals surface area contributed by atoms with E-state index in [2.05, 4.69) is 5.32 Å². The van der Waals surface area contributed by atoms with Gasteiger partial charge in [-0.1, -0.05) is 0 Å². The van der Waals surface area contributed by atoms with E-state index in [4.69, 9.17) is 28.5 Å². The minimum Gasteiger partial charge on any atom is -0.354 e. The predicted molar refractivity (Wildman–Crippen MR) is 54.9 cm³/mol. The van der Waals surface area contributed by atoms with E-state index in [1.165, 1.54) is 0 Å². The second-order valence-corrected chi connectivity index (χ2v) is 5.44. The van der Waals surface area contributed by atoms with Gasteiger partial charge in [-0.15, -0.1) is 23.2 Å². The molecule has 0 saturated heterocycles. The Kier molecular flexibility index (Phi) is 2.99. The SMILES string of the molecule is C[C@H](C#N)CNC(=O)[C@]1(C)CC1(Cl)Cl. The van der Waals surface area contributed by atoms with E-state index in [0.717, 1.165) is 0 Å². The van der Waals surface area contributed by atoms with Gasteiger partial charge in [-0.3, -0.25) is 4.79 Å². The maximum absolute atomic E-state index is 11.6. The molecule has 2 atom stereocenters. The molecule has 1 rings (SSSR count). The maximum Gasteiger partial charge on any atom is 0.229 e. The van der Waals surface area contributed by atoms with Crippen LogP contribution < -0.4 is 5.32 Å². The quantitative estimate of drug-likeness (QED) is 0.759. The smallest absolute Gasteiger partial charge is 0.229 e. The fraction of sp³-hybridized carbons (Fsp3) is 0.778. The highest BCUT2D eigenvalue weighted by molar-refractivity contribution is 6.53. The molecule has 0 aromatic heterocycles. The molecule has 1 amide bonds. The molecule has 1 saturated carbocycles. The largest absolute Gasteiger partial charge is 0.354 e. The van der Waals surface area contributed by atoms with Crippen LogP contribution in [0.15, 0.2) is 0 Å². The second-order valence-electron chi connectivity index (χ2n) is 3.95. The van der Waals surface area contributed by atoms with E-state index in [1.807, 2.05) is 6.07 Å². The Morgan fingerprint density at radius 3 is 2.57 bits per heavy atom. The first kappa shape index (κ1) is 11.6. The molecule has 78 valence electrons. The summed E-state index contributed by atoms with van der Waals surface area (Å²) in [6, 6.07) is 2.03. The van der Waals surface area contributed by atoms with Gasteiger partial charge in [0.2, 0.25) is 5.91 Å². The van der Waals surface area contributed by atoms with Crippen molar-refractivity contribution in [2.75, 3.05) is 6.54 Å². The molecule has 0 spiro atoms. The van der Waals surface area contributed by atoms with E-state index in [9.17, 15) is 4.79 Å². The van der Waals surface area contributed by atoms with Crippen LogP contribution in [-0.2, 0) is 4.79 Å². The zero-order valence-electron chi connectivity index (χ0n) is 8.10. The van der Waals surface area contributed by atoms with Gasteiger partial charge in [0.25, 0.3) is 0 Å². The van der Waals surface area contributed by atoms with Crippen molar-refractivity contribution in [3.05, 3.63) is 0 Å². The number of hydrogen-bond acceptors (Lipinski definition) is 2. The molecule has 1 N–H and O–H groups in total. The Morgan fingerprint density at radius 1 is 1.71 bits per heavy atom. The third-order valence-electron chi connectivity index (χ3n) is 2.55. The minimum atomic E-state index is -0.938. The highest BCUT2D eigenvalue weighted by atomic mass is 35.5. The van der Waals surface area contributed by atoms with Crippen LogP contribution in [0.5, 0.6) is 0 Å². The van der Waals surface area contributed by atoms with Crippen LogP contribution in [0, 0.1) is 22.7 Å². The molecule has 0 radical (unpaired) electrons. The number of nitrogens with zero attached hydrogens (tertiary/aromatic N) is 1. The van der Waals surface area contributed by atoms with Gasteiger partial charge in [-0.2, -0.15) is 5.26 Å². The second kappa shape index (κ2) is 3.60. The van der Waals surface area contributed by atoms with E-state index < -0.39 is 9.75 Å². The van der Waals surface area contributed by atoms with E-state index in [-0.39, 0.29) is 11.8 Å². The van der Waals surface area contributed by atoms with Gasteiger partial charge in [0.15, 0.2) is 0 Å². The molecule has 0 aromatic rings. The number of amides is 1. The lowest BCUT2D eigenvalue weighted by atomic mass is 10.1. The zero-order valence-corrected chi connectivity index (χ0v) is 9.61. The fourth-order valence-electron chi connectivity index (χ4n) is 1.13. The third-order valence-corrected chi connectivity index (χ3v) is 3.65. The zero-order chi connectivity index (χ0) is 11.0. The van der Waals surface area contributed by atoms with E-state index >= 15 is 0 Å². The van der Waals surface area contributed by atoms with Gasteiger partial charge in [-0.05, 0) is 20.3 Å². The number of nitriles is 1. The molecule has 1 fully saturated rings. The van der Waals surface area contributed by atoms with Gasteiger partial charge in [0.1, 0.15) is 4.33 Å². The highest BCUT2D eigenvalue weighted by Crippen LogP contribution is 2.63. The molecule has 14 heavy (non-hydrogen) atoms. The number of carbonyl (C=O) groups excluding carboxylic acids is 1. The van der Waals surface area contributed by atoms with E-state index in [1.54, 1.807) is 13.8 Å². The Bertz CT molecular complexity index is 298. The van der Waals surface area contributed by atoms with Crippen LogP contribution >= 0.6 is 23.2 Å². The normalized spacial score (nSPS) is 30.2. The molecular weight excluding hydrogens is 223 g/mol. The van der Waals surface area contributed by atoms with Crippen molar-refractivity contribution in [3.8, 4) is 6.07 Å². The molecule has 0 bridgehead atoms. The lowest BCUT2D eigenvalue weighted by molar-refractivity contribution is -0.125. The molecule has 1 aliphatic carbocycles. The number of rotatable bonds is 3. The highest BCUT2D eigenvalue weighted by Gasteiger charge is 2.67. The van der Waals surface area contributed by atoms with Crippen molar-refractivity contribution >= 4 is 29.1 Å². The molecule has 3 nitrogen and oxygen atoms in total. The van der Waals surface area contributed by atoms with Crippen LogP contribution in [0.2, 0.25) is 0 Å². The monoisotopic (exact) mass is 234 g/mol. The summed E-state index contributed by atoms with van der Waals surface area (Å²) >= 11 is 11.7. The summed E-state index contributed by atoms with van der Waals surface area (Å²) in [5.74, 6) is -0.369. The van der Waals surface area contributed by atoms with Gasteiger partial charge in [-0.25, -0.2) is 0 Å². The van der Waals surface area contributed by atoms with Crippen LogP contribution in [0.1, 0.15) is 20.3 Å². The first-order chi connectivity index (χ1) is 6.33. The van der Waals surface area contributed by atoms with Gasteiger partial charge in [0.05, 0.1) is 17.4 Å². The molecule has 0 aromatic carbocycles. The number of halogens is 2. The van der Waals surface area contributed by atoms with Gasteiger partial charge in [0, 0.05) is 6.54 Å². The first-order valence-electron chi connectivity index (χ1n) is 4.39. The molecule has 0 aliphatic heterocycles. The van der Waals surface area contributed by atoms with Crippen LogP contribution in [0.4, 0.5) is 0 Å².